The van der Waals surface area contributed by atoms with Crippen molar-refractivity contribution >= 4 is 46.8 Å². The molecule has 2 fully saturated rings. The molecule has 18 heteroatoms. The number of amides is 2. The second kappa shape index (κ2) is 34.5. The number of rotatable bonds is 31. The van der Waals surface area contributed by atoms with Gasteiger partial charge in [0.05, 0.1) is 46.2 Å². The molecule has 15 nitrogen and oxygen atoms in total. The molecule has 0 bridgehead atoms. The number of nitrogens with one attached hydrogen (secondary N) is 1. The number of benzene rings is 7. The van der Waals surface area contributed by atoms with Crippen LogP contribution in [0.5, 0.6) is 0 Å². The van der Waals surface area contributed by atoms with Crippen molar-refractivity contribution in [2.45, 2.75) is 131 Å². The number of hydrogen-bond donors (Lipinski definition) is 2. The topological polar surface area (TPSA) is 162 Å². The second-order valence-corrected chi connectivity index (χ2v) is 23.6. The van der Waals surface area contributed by atoms with Gasteiger partial charge < -0.3 is 62.7 Å². The van der Waals surface area contributed by atoms with Crippen LogP contribution in [0.15, 0.2) is 212 Å². The van der Waals surface area contributed by atoms with Gasteiger partial charge in [-0.15, -0.1) is 0 Å². The number of hydrogen-bond acceptors (Lipinski definition) is 13. The van der Waals surface area contributed by atoms with E-state index in [1.54, 1.807) is 4.90 Å². The van der Waals surface area contributed by atoms with Crippen LogP contribution in [0.3, 0.4) is 0 Å². The van der Waals surface area contributed by atoms with E-state index in [1.165, 1.54) is 0 Å². The number of alkyl halides is 3. The van der Waals surface area contributed by atoms with Crippen LogP contribution in [0.1, 0.15) is 58.2 Å². The van der Waals surface area contributed by atoms with Crippen molar-refractivity contribution in [1.82, 2.24) is 10.2 Å². The Labute approximate surface area is 524 Å². The average Bonchev–Trinajstić information content (AvgIpc) is 1.85. The molecule has 7 aromatic carbocycles. The lowest BCUT2D eigenvalue weighted by Crippen LogP contribution is -2.69. The molecule has 460 valence electrons. The zero-order valence-electron chi connectivity index (χ0n) is 48.3. The summed E-state index contributed by atoms with van der Waals surface area (Å²) in [5.74, 6) is -0.991. The molecule has 0 aromatic heterocycles. The molecule has 2 amide bonds. The van der Waals surface area contributed by atoms with E-state index in [0.29, 0.717) is 32.4 Å². The second-order valence-electron chi connectivity index (χ2n) is 21.3. The first-order chi connectivity index (χ1) is 42.5. The number of nitrogens with zero attached hydrogens (tertiary/aromatic N) is 1. The van der Waals surface area contributed by atoms with E-state index in [4.69, 9.17) is 82.2 Å². The number of aliphatic hydroxyl groups excluding tert-OH is 1. The van der Waals surface area contributed by atoms with E-state index in [9.17, 15) is 14.7 Å². The van der Waals surface area contributed by atoms with Gasteiger partial charge in [-0.1, -0.05) is 247 Å². The molecular formula is C69H75Cl3N2O13. The molecule has 2 N–H and O–H groups in total. The molecule has 2 heterocycles. The maximum absolute atomic E-state index is 14.2. The number of halogens is 3. The van der Waals surface area contributed by atoms with Crippen LogP contribution < -0.4 is 5.32 Å². The maximum atomic E-state index is 14.2. The van der Waals surface area contributed by atoms with Crippen molar-refractivity contribution in [3.63, 3.8) is 0 Å². The molecule has 0 aliphatic carbocycles. The Morgan fingerprint density at radius 1 is 0.460 bits per heavy atom. The summed E-state index contributed by atoms with van der Waals surface area (Å²) in [4.78, 5) is 29.6. The molecule has 0 saturated carbocycles. The molecular weight excluding hydrogens is 1170 g/mol. The van der Waals surface area contributed by atoms with E-state index in [2.05, 4.69) is 5.32 Å². The minimum atomic E-state index is -2.46. The monoisotopic (exact) mass is 1240 g/mol. The van der Waals surface area contributed by atoms with Crippen molar-refractivity contribution in [3.8, 4) is 0 Å². The Kier molecular flexibility index (Phi) is 25.8. The SMILES string of the molecule is O=C(OCc1ccccc1)N(CCCCCO[C@@H]1O[C@H](COCc2ccccc2)[C@@H](OCc2ccccc2)[C@H](O[C@H]2O[C@H](COCc3ccccc3)[C@H](O)[C@H](OCc3ccccc3)[C@H]2OCc2ccccc2)[C@H]1NC(=O)C(Cl)(Cl)Cl)Cc1ccccc1. The minimum Gasteiger partial charge on any atom is -0.445 e. The summed E-state index contributed by atoms with van der Waals surface area (Å²) >= 11 is 19.2. The van der Waals surface area contributed by atoms with Gasteiger partial charge in [0.25, 0.3) is 9.70 Å². The van der Waals surface area contributed by atoms with Crippen LogP contribution in [0.25, 0.3) is 0 Å². The van der Waals surface area contributed by atoms with E-state index < -0.39 is 77.1 Å². The lowest BCUT2D eigenvalue weighted by molar-refractivity contribution is -0.359. The number of ether oxygens (including phenoxy) is 10. The summed E-state index contributed by atoms with van der Waals surface area (Å²) in [5, 5.41) is 15.4. The Morgan fingerprint density at radius 2 is 0.874 bits per heavy atom. The predicted molar refractivity (Wildman–Crippen MR) is 331 cm³/mol. The van der Waals surface area contributed by atoms with Crippen molar-refractivity contribution in [2.24, 2.45) is 0 Å². The van der Waals surface area contributed by atoms with Gasteiger partial charge in [0.1, 0.15) is 55.4 Å². The van der Waals surface area contributed by atoms with Gasteiger partial charge in [-0.25, -0.2) is 4.79 Å². The molecule has 0 radical (unpaired) electrons. The summed E-state index contributed by atoms with van der Waals surface area (Å²) in [6, 6.07) is 66.1. The fraction of sp³-hybridized carbons (Fsp3) is 0.362. The quantitative estimate of drug-likeness (QED) is 0.0312. The third-order valence-electron chi connectivity index (χ3n) is 14.8. The van der Waals surface area contributed by atoms with Crippen LogP contribution in [0.4, 0.5) is 4.79 Å². The highest BCUT2D eigenvalue weighted by Crippen LogP contribution is 2.36. The first kappa shape index (κ1) is 65.2. The molecule has 0 spiro atoms. The number of unbranched alkanes of at least 4 members (excludes halogenated alkanes) is 2. The Balaban J connectivity index is 1.03. The van der Waals surface area contributed by atoms with Crippen molar-refractivity contribution in [3.05, 3.63) is 251 Å². The van der Waals surface area contributed by atoms with E-state index >= 15 is 0 Å². The maximum Gasteiger partial charge on any atom is 0.410 e. The number of carbonyl (C=O) groups excluding carboxylic acids is 2. The zero-order chi connectivity index (χ0) is 60.5. The first-order valence-corrected chi connectivity index (χ1v) is 30.5. The summed E-state index contributed by atoms with van der Waals surface area (Å²) < 4.78 is 64.5. The van der Waals surface area contributed by atoms with Gasteiger partial charge in [0.2, 0.25) is 0 Å². The molecule has 7 aromatic rings. The van der Waals surface area contributed by atoms with Crippen LogP contribution in [0, 0.1) is 0 Å². The van der Waals surface area contributed by atoms with E-state index in [0.717, 1.165) is 38.9 Å². The largest absolute Gasteiger partial charge is 0.445 e. The van der Waals surface area contributed by atoms with E-state index in [-0.39, 0.29) is 59.5 Å². The molecule has 10 atom stereocenters. The van der Waals surface area contributed by atoms with Crippen LogP contribution in [0.2, 0.25) is 0 Å². The van der Waals surface area contributed by atoms with Gasteiger partial charge in [-0.05, 0) is 58.2 Å². The zero-order valence-corrected chi connectivity index (χ0v) is 50.6. The lowest BCUT2D eigenvalue weighted by atomic mass is 9.94. The summed E-state index contributed by atoms with van der Waals surface area (Å²) in [5.41, 5.74) is 6.20. The lowest BCUT2D eigenvalue weighted by Gasteiger charge is -2.50. The average molecular weight is 1250 g/mol. The third kappa shape index (κ3) is 20.7. The van der Waals surface area contributed by atoms with Gasteiger partial charge >= 0.3 is 6.09 Å². The van der Waals surface area contributed by atoms with Gasteiger partial charge in [-0.3, -0.25) is 4.79 Å². The fourth-order valence-electron chi connectivity index (χ4n) is 10.3. The Morgan fingerprint density at radius 3 is 1.36 bits per heavy atom. The molecule has 2 aliphatic heterocycles. The van der Waals surface area contributed by atoms with Crippen LogP contribution in [-0.2, 0) is 98.3 Å². The molecule has 2 saturated heterocycles. The number of carbonyl (C=O) groups is 2. The predicted octanol–water partition coefficient (Wildman–Crippen LogP) is 12.3. The van der Waals surface area contributed by atoms with Gasteiger partial charge in [0, 0.05) is 19.7 Å². The van der Waals surface area contributed by atoms with Crippen molar-refractivity contribution in [1.29, 1.82) is 0 Å². The van der Waals surface area contributed by atoms with Gasteiger partial charge in [0.15, 0.2) is 12.6 Å². The molecule has 9 rings (SSSR count). The first-order valence-electron chi connectivity index (χ1n) is 29.4. The summed E-state index contributed by atoms with van der Waals surface area (Å²) in [6.07, 6.45) is -9.18. The molecule has 2 aliphatic rings. The minimum absolute atomic E-state index is 0.0340. The highest BCUT2D eigenvalue weighted by molar-refractivity contribution is 6.76. The molecule has 87 heavy (non-hydrogen) atoms. The highest BCUT2D eigenvalue weighted by atomic mass is 35.6. The van der Waals surface area contributed by atoms with Crippen LogP contribution >= 0.6 is 34.8 Å². The summed E-state index contributed by atoms with van der Waals surface area (Å²) in [6.45, 7) is 1.58. The number of aliphatic hydroxyl groups is 1. The normalized spacial score (nSPS) is 22.1. The molecule has 0 unspecified atom stereocenters. The third-order valence-corrected chi connectivity index (χ3v) is 15.3. The standard InChI is InChI=1S/C69H75Cl3N2O13/c70-69(71,72)67(76)73-59-62(87-66-64(83-46-55-35-19-6-20-36-55)63(82-45-54-33-17-5-18-34-54)60(75)57(85-66)48-78-42-51-27-11-2-12-28-51)61(81-44-53-31-15-4-16-32-53)58(49-79-43-52-29-13-3-14-30-52)86-65(59)80-40-24-8-23-39-74(41-50-25-9-1-10-26-50)68(77)84-47-56-37-21-7-22-38-56/h1-7,9-22,25-38,57-66,75H,8,23-24,39-49H2,(H,73,76)/t57-,58-,59-,60+,61-,62-,63+,64-,65-,66-/m1/s1. The smallest absolute Gasteiger partial charge is 0.410 e. The Bertz CT molecular complexity index is 3060. The van der Waals surface area contributed by atoms with Crippen molar-refractivity contribution < 1.29 is 62.1 Å². The fourth-order valence-corrected chi connectivity index (χ4v) is 10.4. The Hall–Kier alpha value is -6.25. The summed E-state index contributed by atoms with van der Waals surface area (Å²) in [7, 11) is 0. The van der Waals surface area contributed by atoms with E-state index in [1.807, 2.05) is 212 Å². The highest BCUT2D eigenvalue weighted by Gasteiger charge is 2.55. The van der Waals surface area contributed by atoms with Crippen LogP contribution in [-0.4, -0.2) is 114 Å². The van der Waals surface area contributed by atoms with Gasteiger partial charge in [-0.2, -0.15) is 0 Å². The van der Waals surface area contributed by atoms with Crippen molar-refractivity contribution in [2.75, 3.05) is 26.4 Å².